The summed E-state index contributed by atoms with van der Waals surface area (Å²) < 4.78 is 0. The van der Waals surface area contributed by atoms with Crippen molar-refractivity contribution in [3.63, 3.8) is 0 Å². The first-order valence-corrected chi connectivity index (χ1v) is 13.4. The molecule has 37 heavy (non-hydrogen) atoms. The van der Waals surface area contributed by atoms with Gasteiger partial charge in [0.05, 0.1) is 11.4 Å². The SMILES string of the molecule is CC1=NN(c2ccccc2)C(=O)C12[C@H](c1ccc(C(C)C)cc1)CC(=O)C[C@H]2c1ccc(C(C)C)cc1. The average Bonchev–Trinajstić information content (AvgIpc) is 3.16. The molecule has 0 saturated heterocycles. The second-order valence-electron chi connectivity index (χ2n) is 11.2. The molecule has 3 aromatic carbocycles. The summed E-state index contributed by atoms with van der Waals surface area (Å²) in [5.74, 6) is 0.408. The van der Waals surface area contributed by atoms with Crippen molar-refractivity contribution in [3.05, 3.63) is 101 Å². The van der Waals surface area contributed by atoms with Crippen LogP contribution in [0.15, 0.2) is 84.0 Å². The molecule has 1 fully saturated rings. The molecular formula is C33H36N2O2. The summed E-state index contributed by atoms with van der Waals surface area (Å²) >= 11 is 0. The first kappa shape index (κ1) is 25.1. The fourth-order valence-corrected chi connectivity index (χ4v) is 6.25. The standard InChI is InChI=1S/C33H36N2O2/c1-21(2)24-11-15-26(16-12-24)30-19-29(36)20-31(27-17-13-25(14-18-27)22(3)4)33(30)23(5)34-35(32(33)37)28-9-7-6-8-10-28/h6-18,21-22,30-31H,19-20H2,1-5H3/t30-,31-/m0/s1. The number of anilines is 1. The molecule has 1 aliphatic carbocycles. The number of carbonyl (C=O) groups is 2. The minimum atomic E-state index is -0.928. The van der Waals surface area contributed by atoms with E-state index in [1.54, 1.807) is 5.01 Å². The smallest absolute Gasteiger partial charge is 0.260 e. The van der Waals surface area contributed by atoms with Gasteiger partial charge in [-0.25, -0.2) is 0 Å². The number of Topliss-reactive ketones (excluding diaryl/α,β-unsaturated/α-hetero) is 1. The summed E-state index contributed by atoms with van der Waals surface area (Å²) in [6.07, 6.45) is 0.672. The van der Waals surface area contributed by atoms with Crippen molar-refractivity contribution in [2.24, 2.45) is 10.5 Å². The molecule has 0 N–H and O–H groups in total. The van der Waals surface area contributed by atoms with Crippen LogP contribution >= 0.6 is 0 Å². The number of rotatable bonds is 5. The number of amides is 1. The van der Waals surface area contributed by atoms with Crippen molar-refractivity contribution in [2.45, 2.75) is 71.1 Å². The Morgan fingerprint density at radius 3 is 1.62 bits per heavy atom. The molecule has 2 atom stereocenters. The summed E-state index contributed by atoms with van der Waals surface area (Å²) in [5.41, 5.74) is 5.15. The zero-order chi connectivity index (χ0) is 26.3. The predicted molar refractivity (Wildman–Crippen MR) is 150 cm³/mol. The van der Waals surface area contributed by atoms with Gasteiger partial charge in [0.1, 0.15) is 11.2 Å². The van der Waals surface area contributed by atoms with Crippen molar-refractivity contribution in [1.82, 2.24) is 0 Å². The highest BCUT2D eigenvalue weighted by Gasteiger charge is 2.62. The molecule has 0 unspecified atom stereocenters. The summed E-state index contributed by atoms with van der Waals surface area (Å²) in [5, 5.41) is 6.44. The van der Waals surface area contributed by atoms with Crippen LogP contribution in [0.3, 0.4) is 0 Å². The maximum atomic E-state index is 14.6. The Kier molecular flexibility index (Phi) is 6.61. The van der Waals surface area contributed by atoms with E-state index in [0.29, 0.717) is 24.7 Å². The molecule has 4 nitrogen and oxygen atoms in total. The van der Waals surface area contributed by atoms with Gasteiger partial charge in [0.2, 0.25) is 0 Å². The summed E-state index contributed by atoms with van der Waals surface area (Å²) in [7, 11) is 0. The fraction of sp³-hybridized carbons (Fsp3) is 0.364. The first-order valence-electron chi connectivity index (χ1n) is 13.4. The normalized spacial score (nSPS) is 21.3. The van der Waals surface area contributed by atoms with E-state index in [0.717, 1.165) is 22.5 Å². The summed E-state index contributed by atoms with van der Waals surface area (Å²) in [6.45, 7) is 10.7. The molecular weight excluding hydrogens is 456 g/mol. The Bertz CT molecular complexity index is 1260. The highest BCUT2D eigenvalue weighted by atomic mass is 16.2. The van der Waals surface area contributed by atoms with Crippen molar-refractivity contribution >= 4 is 23.1 Å². The quantitative estimate of drug-likeness (QED) is 0.369. The van der Waals surface area contributed by atoms with Crippen LogP contribution in [0.4, 0.5) is 5.69 Å². The molecule has 1 aliphatic heterocycles. The van der Waals surface area contributed by atoms with Gasteiger partial charge in [0.25, 0.3) is 5.91 Å². The maximum Gasteiger partial charge on any atom is 0.260 e. The Morgan fingerprint density at radius 2 is 1.19 bits per heavy atom. The Morgan fingerprint density at radius 1 is 0.730 bits per heavy atom. The molecule has 1 spiro atoms. The largest absolute Gasteiger partial charge is 0.300 e. The Labute approximate surface area is 220 Å². The van der Waals surface area contributed by atoms with Crippen LogP contribution in [0.25, 0.3) is 0 Å². The topological polar surface area (TPSA) is 49.7 Å². The van der Waals surface area contributed by atoms with Gasteiger partial charge in [-0.05, 0) is 53.1 Å². The average molecular weight is 493 g/mol. The second-order valence-corrected chi connectivity index (χ2v) is 11.2. The minimum absolute atomic E-state index is 0.0421. The van der Waals surface area contributed by atoms with Crippen LogP contribution in [-0.2, 0) is 9.59 Å². The number of nitrogens with zero attached hydrogens (tertiary/aromatic N) is 2. The van der Waals surface area contributed by atoms with E-state index in [1.807, 2.05) is 37.3 Å². The van der Waals surface area contributed by atoms with Gasteiger partial charge in [0.15, 0.2) is 0 Å². The van der Waals surface area contributed by atoms with Gasteiger partial charge in [0, 0.05) is 24.7 Å². The highest BCUT2D eigenvalue weighted by Crippen LogP contribution is 2.58. The molecule has 1 heterocycles. The Balaban J connectivity index is 1.68. The van der Waals surface area contributed by atoms with Crippen molar-refractivity contribution in [2.75, 3.05) is 5.01 Å². The van der Waals surface area contributed by atoms with Crippen LogP contribution in [0.2, 0.25) is 0 Å². The fourth-order valence-electron chi connectivity index (χ4n) is 6.25. The number of hydrogen-bond donors (Lipinski definition) is 0. The molecule has 0 bridgehead atoms. The van der Waals surface area contributed by atoms with Gasteiger partial charge in [-0.2, -0.15) is 10.1 Å². The molecule has 5 rings (SSSR count). The third-order valence-corrected chi connectivity index (χ3v) is 8.37. The van der Waals surface area contributed by atoms with Crippen LogP contribution in [0.1, 0.15) is 93.4 Å². The van der Waals surface area contributed by atoms with Crippen molar-refractivity contribution < 1.29 is 9.59 Å². The van der Waals surface area contributed by atoms with E-state index >= 15 is 0 Å². The van der Waals surface area contributed by atoms with Crippen LogP contribution in [0, 0.1) is 5.41 Å². The summed E-state index contributed by atoms with van der Waals surface area (Å²) in [4.78, 5) is 27.9. The molecule has 4 heteroatoms. The van der Waals surface area contributed by atoms with Gasteiger partial charge in [-0.3, -0.25) is 9.59 Å². The number of benzene rings is 3. The number of para-hydroxylation sites is 1. The van der Waals surface area contributed by atoms with Gasteiger partial charge in [-0.1, -0.05) is 94.4 Å². The second kappa shape index (κ2) is 9.74. The first-order chi connectivity index (χ1) is 17.7. The number of hydrazone groups is 1. The Hall–Kier alpha value is -3.53. The van der Waals surface area contributed by atoms with Crippen molar-refractivity contribution in [3.8, 4) is 0 Å². The third kappa shape index (κ3) is 4.22. The lowest BCUT2D eigenvalue weighted by Crippen LogP contribution is -2.52. The van der Waals surface area contributed by atoms with E-state index in [-0.39, 0.29) is 23.5 Å². The van der Waals surface area contributed by atoms with Crippen molar-refractivity contribution in [1.29, 1.82) is 0 Å². The molecule has 0 radical (unpaired) electrons. The molecule has 2 aliphatic rings. The lowest BCUT2D eigenvalue weighted by Gasteiger charge is -2.46. The third-order valence-electron chi connectivity index (χ3n) is 8.37. The summed E-state index contributed by atoms with van der Waals surface area (Å²) in [6, 6.07) is 26.6. The van der Waals surface area contributed by atoms with Crippen LogP contribution in [0.5, 0.6) is 0 Å². The molecule has 1 saturated carbocycles. The number of ketones is 1. The monoisotopic (exact) mass is 492 g/mol. The van der Waals surface area contributed by atoms with Crippen LogP contribution < -0.4 is 5.01 Å². The van der Waals surface area contributed by atoms with E-state index in [9.17, 15) is 9.59 Å². The number of hydrogen-bond acceptors (Lipinski definition) is 3. The highest BCUT2D eigenvalue weighted by molar-refractivity contribution is 6.21. The lowest BCUT2D eigenvalue weighted by molar-refractivity contribution is -0.131. The van der Waals surface area contributed by atoms with Gasteiger partial charge >= 0.3 is 0 Å². The van der Waals surface area contributed by atoms with Gasteiger partial charge < -0.3 is 0 Å². The lowest BCUT2D eigenvalue weighted by atomic mass is 9.54. The minimum Gasteiger partial charge on any atom is -0.300 e. The van der Waals surface area contributed by atoms with Crippen LogP contribution in [-0.4, -0.2) is 17.4 Å². The van der Waals surface area contributed by atoms with E-state index < -0.39 is 5.41 Å². The molecule has 190 valence electrons. The zero-order valence-corrected chi connectivity index (χ0v) is 22.4. The molecule has 1 amide bonds. The zero-order valence-electron chi connectivity index (χ0n) is 22.4. The molecule has 0 aromatic heterocycles. The molecule has 3 aromatic rings. The predicted octanol–water partition coefficient (Wildman–Crippen LogP) is 7.57. The van der Waals surface area contributed by atoms with Gasteiger partial charge in [-0.15, -0.1) is 0 Å². The number of carbonyl (C=O) groups excluding carboxylic acids is 2. The van der Waals surface area contributed by atoms with E-state index in [1.165, 1.54) is 11.1 Å². The van der Waals surface area contributed by atoms with E-state index in [4.69, 9.17) is 5.10 Å². The maximum absolute atomic E-state index is 14.6. The van der Waals surface area contributed by atoms with E-state index in [2.05, 4.69) is 76.2 Å².